The Balaban J connectivity index is 1.38. The van der Waals surface area contributed by atoms with E-state index in [2.05, 4.69) is 15.5 Å². The van der Waals surface area contributed by atoms with Gasteiger partial charge in [-0.1, -0.05) is 5.16 Å². The summed E-state index contributed by atoms with van der Waals surface area (Å²) >= 11 is 0. The van der Waals surface area contributed by atoms with Crippen LogP contribution in [0.25, 0.3) is 11.4 Å². The van der Waals surface area contributed by atoms with Gasteiger partial charge in [0.05, 0.1) is 18.4 Å². The van der Waals surface area contributed by atoms with Crippen LogP contribution < -0.4 is 14.8 Å². The molecule has 1 aliphatic heterocycles. The van der Waals surface area contributed by atoms with Gasteiger partial charge in [-0.05, 0) is 49.3 Å². The highest BCUT2D eigenvalue weighted by Gasteiger charge is 2.53. The van der Waals surface area contributed by atoms with Crippen LogP contribution in [0.4, 0.5) is 0 Å². The van der Waals surface area contributed by atoms with Gasteiger partial charge in [0.15, 0.2) is 11.5 Å². The second-order valence-electron chi connectivity index (χ2n) is 7.69. The number of nitrogens with zero attached hydrogens (tertiary/aromatic N) is 2. The number of rotatable bonds is 6. The number of ether oxygens (including phenoxy) is 3. The molecule has 1 N–H and O–H groups in total. The molecule has 2 bridgehead atoms. The van der Waals surface area contributed by atoms with Gasteiger partial charge in [0.1, 0.15) is 0 Å². The van der Waals surface area contributed by atoms with Crippen molar-refractivity contribution in [3.63, 3.8) is 0 Å². The van der Waals surface area contributed by atoms with Crippen molar-refractivity contribution in [2.75, 3.05) is 27.1 Å². The zero-order valence-corrected chi connectivity index (χ0v) is 15.7. The summed E-state index contributed by atoms with van der Waals surface area (Å²) in [6.45, 7) is 1.25. The van der Waals surface area contributed by atoms with Gasteiger partial charge in [-0.2, -0.15) is 4.98 Å². The summed E-state index contributed by atoms with van der Waals surface area (Å²) in [5.41, 5.74) is 0.809. The summed E-state index contributed by atoms with van der Waals surface area (Å²) in [5, 5.41) is 7.17. The van der Waals surface area contributed by atoms with Crippen LogP contribution in [0.3, 0.4) is 0 Å². The third-order valence-electron chi connectivity index (χ3n) is 6.18. The number of nitrogens with one attached hydrogen (secondary N) is 1. The van der Waals surface area contributed by atoms with Crippen molar-refractivity contribution in [2.45, 2.75) is 25.2 Å². The minimum Gasteiger partial charge on any atom is -0.454 e. The number of carbonyl (C=O) groups excluding carboxylic acids is 1. The van der Waals surface area contributed by atoms with Crippen LogP contribution in [0.5, 0.6) is 11.5 Å². The molecule has 28 heavy (non-hydrogen) atoms. The van der Waals surface area contributed by atoms with Crippen molar-refractivity contribution in [3.8, 4) is 22.9 Å². The van der Waals surface area contributed by atoms with Crippen molar-refractivity contribution in [1.82, 2.24) is 15.5 Å². The third-order valence-corrected chi connectivity index (χ3v) is 6.18. The largest absolute Gasteiger partial charge is 0.454 e. The van der Waals surface area contributed by atoms with E-state index in [1.165, 1.54) is 0 Å². The number of methoxy groups -OCH3 is 1. The van der Waals surface area contributed by atoms with Crippen LogP contribution in [0.15, 0.2) is 22.7 Å². The number of hydrogen-bond acceptors (Lipinski definition) is 7. The average Bonchev–Trinajstić information content (AvgIpc) is 3.50. The molecule has 0 saturated heterocycles. The smallest absolute Gasteiger partial charge is 0.231 e. The van der Waals surface area contributed by atoms with Crippen molar-refractivity contribution < 1.29 is 23.5 Å². The maximum Gasteiger partial charge on any atom is 0.231 e. The number of fused-ring (bicyclic) bond motifs is 3. The minimum atomic E-state index is -0.110. The molecule has 2 aliphatic carbocycles. The fourth-order valence-electron chi connectivity index (χ4n) is 4.94. The lowest BCUT2D eigenvalue weighted by Gasteiger charge is -2.27. The molecule has 4 atom stereocenters. The Morgan fingerprint density at radius 2 is 2.11 bits per heavy atom. The van der Waals surface area contributed by atoms with Crippen LogP contribution in [0, 0.1) is 17.8 Å². The molecule has 2 saturated carbocycles. The number of benzene rings is 1. The molecule has 8 heteroatoms. The highest BCUT2D eigenvalue weighted by molar-refractivity contribution is 5.80. The molecular formula is C20H23N3O5. The van der Waals surface area contributed by atoms with Crippen molar-refractivity contribution >= 4 is 5.91 Å². The number of amides is 1. The Morgan fingerprint density at radius 1 is 1.25 bits per heavy atom. The van der Waals surface area contributed by atoms with Crippen molar-refractivity contribution in [2.24, 2.45) is 17.8 Å². The summed E-state index contributed by atoms with van der Waals surface area (Å²) in [7, 11) is 1.63. The Morgan fingerprint density at radius 3 is 3.00 bits per heavy atom. The first kappa shape index (κ1) is 17.5. The zero-order valence-electron chi connectivity index (χ0n) is 15.7. The molecule has 2 fully saturated rings. The maximum atomic E-state index is 12.8. The van der Waals surface area contributed by atoms with Crippen LogP contribution in [-0.2, 0) is 9.53 Å². The van der Waals surface area contributed by atoms with Crippen LogP contribution >= 0.6 is 0 Å². The molecule has 2 aromatic rings. The Labute approximate surface area is 162 Å². The third kappa shape index (κ3) is 2.92. The van der Waals surface area contributed by atoms with E-state index in [1.54, 1.807) is 7.11 Å². The second-order valence-corrected chi connectivity index (χ2v) is 7.69. The van der Waals surface area contributed by atoms with E-state index in [-0.39, 0.29) is 24.5 Å². The van der Waals surface area contributed by atoms with Gasteiger partial charge in [0.25, 0.3) is 0 Å². The summed E-state index contributed by atoms with van der Waals surface area (Å²) in [6, 6.07) is 5.59. The Bertz CT molecular complexity index is 882. The van der Waals surface area contributed by atoms with E-state index in [4.69, 9.17) is 18.7 Å². The SMILES string of the molecule is COCCNC(=O)[C@H]1[C@H]2CC[C@H](C2)[C@@H]1c1nc(-c2ccc3c(c2)OCO3)no1. The van der Waals surface area contributed by atoms with E-state index in [0.717, 1.165) is 24.8 Å². The number of carbonyl (C=O) groups is 1. The van der Waals surface area contributed by atoms with Gasteiger partial charge >= 0.3 is 0 Å². The molecule has 0 unspecified atom stereocenters. The quantitative estimate of drug-likeness (QED) is 0.763. The molecule has 0 radical (unpaired) electrons. The first-order valence-electron chi connectivity index (χ1n) is 9.75. The highest BCUT2D eigenvalue weighted by Crippen LogP contribution is 2.56. The first-order valence-corrected chi connectivity index (χ1v) is 9.75. The summed E-state index contributed by atoms with van der Waals surface area (Å²) in [5.74, 6) is 3.22. The van der Waals surface area contributed by atoms with Gasteiger partial charge in [-0.15, -0.1) is 0 Å². The molecule has 148 valence electrons. The Hall–Kier alpha value is -2.61. The molecule has 1 amide bonds. The van der Waals surface area contributed by atoms with Crippen LogP contribution in [0.2, 0.25) is 0 Å². The molecule has 1 aromatic carbocycles. The van der Waals surface area contributed by atoms with Crippen LogP contribution in [-0.4, -0.2) is 43.1 Å². The van der Waals surface area contributed by atoms with Gasteiger partial charge in [0, 0.05) is 19.2 Å². The lowest BCUT2D eigenvalue weighted by molar-refractivity contribution is -0.127. The zero-order chi connectivity index (χ0) is 19.1. The molecule has 8 nitrogen and oxygen atoms in total. The molecule has 3 aliphatic rings. The fraction of sp³-hybridized carbons (Fsp3) is 0.550. The molecule has 5 rings (SSSR count). The molecular weight excluding hydrogens is 362 g/mol. The molecule has 0 spiro atoms. The maximum absolute atomic E-state index is 12.8. The normalized spacial score (nSPS) is 27.3. The van der Waals surface area contributed by atoms with Gasteiger partial charge < -0.3 is 24.1 Å². The van der Waals surface area contributed by atoms with E-state index in [0.29, 0.717) is 48.2 Å². The Kier molecular flexibility index (Phi) is 4.43. The van der Waals surface area contributed by atoms with Gasteiger partial charge in [-0.3, -0.25) is 4.79 Å². The fourth-order valence-corrected chi connectivity index (χ4v) is 4.94. The van der Waals surface area contributed by atoms with E-state index in [9.17, 15) is 4.79 Å². The summed E-state index contributed by atoms with van der Waals surface area (Å²) < 4.78 is 21.5. The van der Waals surface area contributed by atoms with Crippen molar-refractivity contribution in [3.05, 3.63) is 24.1 Å². The second kappa shape index (κ2) is 7.09. The van der Waals surface area contributed by atoms with E-state index < -0.39 is 0 Å². The van der Waals surface area contributed by atoms with Gasteiger partial charge in [-0.25, -0.2) is 0 Å². The molecule has 2 heterocycles. The van der Waals surface area contributed by atoms with Crippen molar-refractivity contribution in [1.29, 1.82) is 0 Å². The highest BCUT2D eigenvalue weighted by atomic mass is 16.7. The summed E-state index contributed by atoms with van der Waals surface area (Å²) in [6.07, 6.45) is 3.25. The van der Waals surface area contributed by atoms with Crippen LogP contribution in [0.1, 0.15) is 31.1 Å². The first-order chi connectivity index (χ1) is 13.7. The molecule has 1 aromatic heterocycles. The monoisotopic (exact) mass is 385 g/mol. The number of hydrogen-bond donors (Lipinski definition) is 1. The van der Waals surface area contributed by atoms with E-state index >= 15 is 0 Å². The standard InChI is InChI=1S/C20H23N3O5/c1-25-7-6-21-19(24)16-11-2-3-12(8-11)17(16)20-22-18(23-28-20)13-4-5-14-15(9-13)27-10-26-14/h4-5,9,11-12,16-17H,2-3,6-8,10H2,1H3,(H,21,24)/t11-,12+,16-,17-/m0/s1. The predicted molar refractivity (Wildman–Crippen MR) is 97.8 cm³/mol. The number of aromatic nitrogens is 2. The summed E-state index contributed by atoms with van der Waals surface area (Å²) in [4.78, 5) is 17.5. The lowest BCUT2D eigenvalue weighted by atomic mass is 9.78. The average molecular weight is 385 g/mol. The topological polar surface area (TPSA) is 95.7 Å². The predicted octanol–water partition coefficient (Wildman–Crippen LogP) is 2.36. The minimum absolute atomic E-state index is 0.0171. The van der Waals surface area contributed by atoms with Gasteiger partial charge in [0.2, 0.25) is 24.4 Å². The van der Waals surface area contributed by atoms with E-state index in [1.807, 2.05) is 18.2 Å². The lowest BCUT2D eigenvalue weighted by Crippen LogP contribution is -2.38.